The molecule has 0 aliphatic rings. The van der Waals surface area contributed by atoms with Crippen LogP contribution in [0, 0.1) is 21.2 Å². The molecule has 0 radical (unpaired) electrons. The summed E-state index contributed by atoms with van der Waals surface area (Å²) in [5.41, 5.74) is 6.43. The van der Waals surface area contributed by atoms with Crippen LogP contribution in [0.4, 0.5) is 0 Å². The number of hydrogen-bond acceptors (Lipinski definition) is 5. The molecule has 4 rings (SSSR count). The Kier molecular flexibility index (Phi) is 8.72. The monoisotopic (exact) mass is 676 g/mol. The van der Waals surface area contributed by atoms with E-state index in [2.05, 4.69) is 85.6 Å². The minimum Gasteiger partial charge on any atom is -0.383 e. The number of nitrogens with zero attached hydrogens (tertiary/aromatic N) is 8. The highest BCUT2D eigenvalue weighted by Gasteiger charge is 2.21. The first kappa shape index (κ1) is 25.9. The maximum absolute atomic E-state index is 10.4. The zero-order valence-corrected chi connectivity index (χ0v) is 24.1. The van der Waals surface area contributed by atoms with Gasteiger partial charge in [-0.15, -0.1) is 0 Å². The van der Waals surface area contributed by atoms with Crippen molar-refractivity contribution in [1.82, 2.24) is 39.1 Å². The topological polar surface area (TPSA) is 91.5 Å². The van der Waals surface area contributed by atoms with Crippen molar-refractivity contribution in [3.8, 4) is 0 Å². The van der Waals surface area contributed by atoms with Gasteiger partial charge in [0.15, 0.2) is 0 Å². The quantitative estimate of drug-likeness (QED) is 0.315. The number of aliphatic hydroxyl groups excluding tert-OH is 1. The van der Waals surface area contributed by atoms with Gasteiger partial charge >= 0.3 is 0 Å². The Bertz CT molecular complexity index is 1220. The minimum atomic E-state index is -0.657. The van der Waals surface area contributed by atoms with Gasteiger partial charge in [-0.3, -0.25) is 18.7 Å². The average molecular weight is 676 g/mol. The maximum Gasteiger partial charge on any atom is 0.129 e. The normalized spacial score (nSPS) is 12.0. The summed E-state index contributed by atoms with van der Waals surface area (Å²) >= 11 is 4.44. The Morgan fingerprint density at radius 3 is 1.94 bits per heavy atom. The van der Waals surface area contributed by atoms with Gasteiger partial charge in [0.1, 0.15) is 13.5 Å². The fraction of sp³-hybridized carbons (Fsp3) is 0.455. The molecule has 0 bridgehead atoms. The summed E-state index contributed by atoms with van der Waals surface area (Å²) in [4.78, 5) is 0. The number of aryl methyl sites for hydroxylation is 4. The Morgan fingerprint density at radius 1 is 0.879 bits per heavy atom. The van der Waals surface area contributed by atoms with E-state index in [0.717, 1.165) is 43.7 Å². The first-order valence-electron chi connectivity index (χ1n) is 10.7. The molecule has 0 aliphatic heterocycles. The molecule has 4 aromatic heterocycles. The Morgan fingerprint density at radius 2 is 1.45 bits per heavy atom. The molecule has 0 fully saturated rings. The van der Waals surface area contributed by atoms with Crippen molar-refractivity contribution < 1.29 is 5.11 Å². The van der Waals surface area contributed by atoms with Crippen LogP contribution in [0.1, 0.15) is 53.6 Å². The molecule has 4 heterocycles. The summed E-state index contributed by atoms with van der Waals surface area (Å²) < 4.78 is 9.39. The second-order valence-corrected chi connectivity index (χ2v) is 9.85. The fourth-order valence-corrected chi connectivity index (χ4v) is 5.36. The van der Waals surface area contributed by atoms with E-state index < -0.39 is 6.10 Å². The molecular formula is C22H30I2N8O. The summed E-state index contributed by atoms with van der Waals surface area (Å²) in [5.74, 6) is 0. The predicted octanol–water partition coefficient (Wildman–Crippen LogP) is 3.77. The number of rotatable bonds is 6. The van der Waals surface area contributed by atoms with Gasteiger partial charge in [0, 0.05) is 74.1 Å². The van der Waals surface area contributed by atoms with Gasteiger partial charge in [0.2, 0.25) is 0 Å². The molecule has 1 unspecified atom stereocenters. The Labute approximate surface area is 221 Å². The predicted molar refractivity (Wildman–Crippen MR) is 144 cm³/mol. The van der Waals surface area contributed by atoms with Gasteiger partial charge in [-0.2, -0.15) is 20.4 Å². The molecule has 0 amide bonds. The van der Waals surface area contributed by atoms with E-state index in [9.17, 15) is 5.11 Å². The van der Waals surface area contributed by atoms with Gasteiger partial charge in [-0.25, -0.2) is 0 Å². The molecule has 33 heavy (non-hydrogen) atoms. The second-order valence-electron chi connectivity index (χ2n) is 7.80. The van der Waals surface area contributed by atoms with Crippen LogP contribution in [0.3, 0.4) is 0 Å². The highest BCUT2D eigenvalue weighted by molar-refractivity contribution is 14.1. The molecule has 0 aliphatic carbocycles. The average Bonchev–Trinajstić information content (AvgIpc) is 3.54. The standard InChI is InChI=1S/C11H15IN4O.C11H15IN4/c1-4-16-6-8(5-13-16)10(17)9-7(2)15(3)14-11(9)12;1-4-16-7-9(6-13-16)5-10-8(2)15(3)14-11(10)12/h5-6,10,17H,4H2,1-3H3;6-7H,4-5H2,1-3H3. The maximum atomic E-state index is 10.4. The lowest BCUT2D eigenvalue weighted by Gasteiger charge is -2.08. The van der Waals surface area contributed by atoms with Crippen LogP contribution in [-0.4, -0.2) is 44.2 Å². The van der Waals surface area contributed by atoms with Gasteiger partial charge in [-0.05, 0) is 78.4 Å². The van der Waals surface area contributed by atoms with Gasteiger partial charge in [0.25, 0.3) is 0 Å². The molecule has 1 atom stereocenters. The van der Waals surface area contributed by atoms with Crippen molar-refractivity contribution in [3.63, 3.8) is 0 Å². The molecule has 4 aromatic rings. The third-order valence-electron chi connectivity index (χ3n) is 5.70. The summed E-state index contributed by atoms with van der Waals surface area (Å²) in [6.45, 7) is 9.89. The van der Waals surface area contributed by atoms with Crippen molar-refractivity contribution in [2.24, 2.45) is 14.1 Å². The number of aromatic nitrogens is 8. The van der Waals surface area contributed by atoms with E-state index in [4.69, 9.17) is 0 Å². The SMILES string of the molecule is CCn1cc(C(O)c2c(I)nn(C)c2C)cn1.CCn1cc(Cc2c(I)nn(C)c2C)cn1. The molecule has 0 saturated carbocycles. The summed E-state index contributed by atoms with van der Waals surface area (Å²) in [6.07, 6.45) is 7.87. The Balaban J connectivity index is 0.000000186. The second kappa shape index (κ2) is 11.1. The summed E-state index contributed by atoms with van der Waals surface area (Å²) in [6, 6.07) is 0. The van der Waals surface area contributed by atoms with Crippen molar-refractivity contribution in [1.29, 1.82) is 0 Å². The third kappa shape index (κ3) is 5.85. The lowest BCUT2D eigenvalue weighted by Crippen LogP contribution is -2.02. The highest BCUT2D eigenvalue weighted by atomic mass is 127. The van der Waals surface area contributed by atoms with Gasteiger partial charge < -0.3 is 5.11 Å². The molecule has 9 nitrogen and oxygen atoms in total. The first-order valence-corrected chi connectivity index (χ1v) is 12.9. The lowest BCUT2D eigenvalue weighted by atomic mass is 10.1. The van der Waals surface area contributed by atoms with E-state index in [1.165, 1.54) is 16.8 Å². The van der Waals surface area contributed by atoms with Crippen molar-refractivity contribution >= 4 is 45.2 Å². The molecule has 0 aromatic carbocycles. The lowest BCUT2D eigenvalue weighted by molar-refractivity contribution is 0.218. The van der Waals surface area contributed by atoms with Crippen LogP contribution in [0.15, 0.2) is 24.8 Å². The first-order chi connectivity index (χ1) is 15.7. The third-order valence-corrected chi connectivity index (χ3v) is 7.37. The van der Waals surface area contributed by atoms with Crippen molar-refractivity contribution in [3.05, 3.63) is 65.8 Å². The smallest absolute Gasteiger partial charge is 0.129 e. The Hall–Kier alpha value is -1.74. The van der Waals surface area contributed by atoms with E-state index in [-0.39, 0.29) is 0 Å². The number of halogens is 2. The zero-order valence-electron chi connectivity index (χ0n) is 19.8. The van der Waals surface area contributed by atoms with Crippen molar-refractivity contribution in [2.45, 2.75) is 53.3 Å². The molecule has 11 heteroatoms. The van der Waals surface area contributed by atoms with E-state index in [0.29, 0.717) is 0 Å². The molecule has 1 N–H and O–H groups in total. The van der Waals surface area contributed by atoms with E-state index >= 15 is 0 Å². The minimum absolute atomic E-state index is 0.657. The highest BCUT2D eigenvalue weighted by Crippen LogP contribution is 2.28. The van der Waals surface area contributed by atoms with Crippen LogP contribution in [0.25, 0.3) is 0 Å². The van der Waals surface area contributed by atoms with E-state index in [1.54, 1.807) is 15.6 Å². The molecule has 178 valence electrons. The molecule has 0 saturated heterocycles. The summed E-state index contributed by atoms with van der Waals surface area (Å²) in [7, 11) is 3.86. The van der Waals surface area contributed by atoms with Crippen LogP contribution in [-0.2, 0) is 33.6 Å². The van der Waals surface area contributed by atoms with Crippen LogP contribution in [0.5, 0.6) is 0 Å². The van der Waals surface area contributed by atoms with Crippen LogP contribution in [0.2, 0.25) is 0 Å². The van der Waals surface area contributed by atoms with Gasteiger partial charge in [0.05, 0.1) is 12.4 Å². The van der Waals surface area contributed by atoms with Gasteiger partial charge in [-0.1, -0.05) is 0 Å². The molecular weight excluding hydrogens is 646 g/mol. The van der Waals surface area contributed by atoms with Crippen LogP contribution < -0.4 is 0 Å². The van der Waals surface area contributed by atoms with Crippen molar-refractivity contribution in [2.75, 3.05) is 0 Å². The molecule has 0 spiro atoms. The fourth-order valence-electron chi connectivity index (χ4n) is 3.44. The van der Waals surface area contributed by atoms with E-state index in [1.807, 2.05) is 49.7 Å². The number of aliphatic hydroxyl groups is 1. The zero-order chi connectivity index (χ0) is 24.3. The number of hydrogen-bond donors (Lipinski definition) is 1. The van der Waals surface area contributed by atoms with Crippen LogP contribution >= 0.6 is 45.2 Å². The largest absolute Gasteiger partial charge is 0.383 e. The summed E-state index contributed by atoms with van der Waals surface area (Å²) in [5, 5.41) is 27.5.